The maximum atomic E-state index is 3.63. The van der Waals surface area contributed by atoms with Crippen LogP contribution < -0.4 is 5.32 Å². The maximum Gasteiger partial charge on any atom is 0.0165 e. The van der Waals surface area contributed by atoms with Gasteiger partial charge in [-0.15, -0.1) is 0 Å². The molecule has 2 aliphatic rings. The Hall–Kier alpha value is -0.340. The molecule has 2 heteroatoms. The SMILES string of the molecule is CC1=CCN(CCC2CCCCN2)CC1. The minimum absolute atomic E-state index is 0.797. The van der Waals surface area contributed by atoms with E-state index >= 15 is 0 Å². The molecule has 1 fully saturated rings. The average molecular weight is 208 g/mol. The van der Waals surface area contributed by atoms with E-state index in [0.29, 0.717) is 0 Å². The van der Waals surface area contributed by atoms with Crippen molar-refractivity contribution < 1.29 is 0 Å². The summed E-state index contributed by atoms with van der Waals surface area (Å²) in [5.41, 5.74) is 1.57. The topological polar surface area (TPSA) is 15.3 Å². The number of hydrogen-bond acceptors (Lipinski definition) is 2. The number of piperidine rings is 1. The van der Waals surface area contributed by atoms with E-state index in [0.717, 1.165) is 6.04 Å². The average Bonchev–Trinajstić information content (AvgIpc) is 2.30. The fraction of sp³-hybridized carbons (Fsp3) is 0.846. The monoisotopic (exact) mass is 208 g/mol. The molecule has 2 aliphatic heterocycles. The Morgan fingerprint density at radius 2 is 2.40 bits per heavy atom. The number of nitrogens with zero attached hydrogens (tertiary/aromatic N) is 1. The molecule has 1 N–H and O–H groups in total. The third kappa shape index (κ3) is 3.62. The molecule has 0 aromatic rings. The van der Waals surface area contributed by atoms with Gasteiger partial charge >= 0.3 is 0 Å². The van der Waals surface area contributed by atoms with Gasteiger partial charge in [-0.1, -0.05) is 18.1 Å². The Kier molecular flexibility index (Phi) is 4.21. The Balaban J connectivity index is 1.65. The van der Waals surface area contributed by atoms with Crippen molar-refractivity contribution in [3.63, 3.8) is 0 Å². The van der Waals surface area contributed by atoms with Gasteiger partial charge in [0.15, 0.2) is 0 Å². The van der Waals surface area contributed by atoms with Crippen LogP contribution in [0.5, 0.6) is 0 Å². The summed E-state index contributed by atoms with van der Waals surface area (Å²) in [5.74, 6) is 0. The molecular weight excluding hydrogens is 184 g/mol. The zero-order chi connectivity index (χ0) is 10.5. The van der Waals surface area contributed by atoms with Crippen LogP contribution in [0.2, 0.25) is 0 Å². The number of nitrogens with one attached hydrogen (secondary N) is 1. The van der Waals surface area contributed by atoms with Crippen LogP contribution in [0.1, 0.15) is 39.0 Å². The van der Waals surface area contributed by atoms with Crippen molar-refractivity contribution in [1.29, 1.82) is 0 Å². The van der Waals surface area contributed by atoms with Crippen molar-refractivity contribution in [3.05, 3.63) is 11.6 Å². The van der Waals surface area contributed by atoms with Crippen LogP contribution in [0.4, 0.5) is 0 Å². The molecule has 15 heavy (non-hydrogen) atoms. The first-order chi connectivity index (χ1) is 7.34. The molecule has 86 valence electrons. The minimum atomic E-state index is 0.797. The molecule has 0 aliphatic carbocycles. The molecule has 0 aromatic carbocycles. The van der Waals surface area contributed by atoms with Crippen LogP contribution in [0.15, 0.2) is 11.6 Å². The highest BCUT2D eigenvalue weighted by atomic mass is 15.1. The molecule has 0 amide bonds. The predicted molar refractivity (Wildman–Crippen MR) is 65.1 cm³/mol. The summed E-state index contributed by atoms with van der Waals surface area (Å²) in [6.45, 7) is 7.22. The van der Waals surface area contributed by atoms with Gasteiger partial charge in [0, 0.05) is 19.1 Å². The predicted octanol–water partition coefficient (Wildman–Crippen LogP) is 2.17. The second kappa shape index (κ2) is 5.66. The quantitative estimate of drug-likeness (QED) is 0.715. The molecule has 0 radical (unpaired) electrons. The standard InChI is InChI=1S/C13H24N2/c1-12-5-9-15(10-6-12)11-7-13-4-2-3-8-14-13/h5,13-14H,2-4,6-11H2,1H3. The minimum Gasteiger partial charge on any atom is -0.314 e. The second-order valence-corrected chi connectivity index (χ2v) is 5.04. The number of hydrogen-bond donors (Lipinski definition) is 1. The molecule has 0 spiro atoms. The first kappa shape index (κ1) is 11.2. The highest BCUT2D eigenvalue weighted by molar-refractivity contribution is 5.03. The largest absolute Gasteiger partial charge is 0.314 e. The van der Waals surface area contributed by atoms with Gasteiger partial charge in [-0.05, 0) is 45.7 Å². The van der Waals surface area contributed by atoms with Gasteiger partial charge in [0.25, 0.3) is 0 Å². The van der Waals surface area contributed by atoms with Crippen molar-refractivity contribution in [1.82, 2.24) is 10.2 Å². The molecule has 0 aromatic heterocycles. The Bertz CT molecular complexity index is 217. The van der Waals surface area contributed by atoms with Crippen LogP contribution in [0.25, 0.3) is 0 Å². The maximum absolute atomic E-state index is 3.63. The highest BCUT2D eigenvalue weighted by Gasteiger charge is 2.15. The fourth-order valence-corrected chi connectivity index (χ4v) is 2.52. The van der Waals surface area contributed by atoms with Gasteiger partial charge in [-0.3, -0.25) is 4.90 Å². The first-order valence-electron chi connectivity index (χ1n) is 6.46. The van der Waals surface area contributed by atoms with Crippen molar-refractivity contribution >= 4 is 0 Å². The van der Waals surface area contributed by atoms with E-state index < -0.39 is 0 Å². The van der Waals surface area contributed by atoms with Crippen LogP contribution in [-0.4, -0.2) is 37.1 Å². The van der Waals surface area contributed by atoms with Gasteiger partial charge in [-0.2, -0.15) is 0 Å². The van der Waals surface area contributed by atoms with E-state index in [4.69, 9.17) is 0 Å². The Morgan fingerprint density at radius 1 is 1.47 bits per heavy atom. The van der Waals surface area contributed by atoms with Gasteiger partial charge < -0.3 is 5.32 Å². The van der Waals surface area contributed by atoms with E-state index in [1.165, 1.54) is 58.3 Å². The lowest BCUT2D eigenvalue weighted by molar-refractivity contribution is 0.261. The van der Waals surface area contributed by atoms with E-state index in [1.54, 1.807) is 5.57 Å². The molecule has 0 saturated carbocycles. The van der Waals surface area contributed by atoms with E-state index in [9.17, 15) is 0 Å². The Morgan fingerprint density at radius 3 is 3.07 bits per heavy atom. The summed E-state index contributed by atoms with van der Waals surface area (Å²) in [4.78, 5) is 2.59. The van der Waals surface area contributed by atoms with Gasteiger partial charge in [0.2, 0.25) is 0 Å². The zero-order valence-corrected chi connectivity index (χ0v) is 9.97. The van der Waals surface area contributed by atoms with E-state index in [-0.39, 0.29) is 0 Å². The van der Waals surface area contributed by atoms with Crippen LogP contribution >= 0.6 is 0 Å². The highest BCUT2D eigenvalue weighted by Crippen LogP contribution is 2.13. The normalized spacial score (nSPS) is 28.9. The summed E-state index contributed by atoms with van der Waals surface area (Å²) in [6.07, 6.45) is 9.20. The summed E-state index contributed by atoms with van der Waals surface area (Å²) in [5, 5.41) is 3.63. The lowest BCUT2D eigenvalue weighted by Crippen LogP contribution is -2.38. The molecular formula is C13H24N2. The van der Waals surface area contributed by atoms with Crippen molar-refractivity contribution in [2.24, 2.45) is 0 Å². The van der Waals surface area contributed by atoms with E-state index in [1.807, 2.05) is 0 Å². The van der Waals surface area contributed by atoms with Gasteiger partial charge in [0.1, 0.15) is 0 Å². The van der Waals surface area contributed by atoms with E-state index in [2.05, 4.69) is 23.2 Å². The molecule has 0 bridgehead atoms. The lowest BCUT2D eigenvalue weighted by atomic mass is 10.0. The van der Waals surface area contributed by atoms with Crippen molar-refractivity contribution in [2.75, 3.05) is 26.2 Å². The summed E-state index contributed by atoms with van der Waals surface area (Å²) >= 11 is 0. The zero-order valence-electron chi connectivity index (χ0n) is 9.97. The third-order valence-corrected chi connectivity index (χ3v) is 3.73. The van der Waals surface area contributed by atoms with Crippen LogP contribution in [-0.2, 0) is 0 Å². The molecule has 1 unspecified atom stereocenters. The third-order valence-electron chi connectivity index (χ3n) is 3.73. The lowest BCUT2D eigenvalue weighted by Gasteiger charge is -2.29. The molecule has 2 rings (SSSR count). The molecule has 2 heterocycles. The molecule has 2 nitrogen and oxygen atoms in total. The number of rotatable bonds is 3. The van der Waals surface area contributed by atoms with Crippen molar-refractivity contribution in [3.8, 4) is 0 Å². The fourth-order valence-electron chi connectivity index (χ4n) is 2.52. The van der Waals surface area contributed by atoms with Gasteiger partial charge in [-0.25, -0.2) is 0 Å². The Labute approximate surface area is 93.7 Å². The molecule has 1 saturated heterocycles. The smallest absolute Gasteiger partial charge is 0.0165 e. The summed E-state index contributed by atoms with van der Waals surface area (Å²) in [7, 11) is 0. The molecule has 1 atom stereocenters. The van der Waals surface area contributed by atoms with Crippen LogP contribution in [0.3, 0.4) is 0 Å². The van der Waals surface area contributed by atoms with Gasteiger partial charge in [0.05, 0.1) is 0 Å². The summed E-state index contributed by atoms with van der Waals surface area (Å²) < 4.78 is 0. The van der Waals surface area contributed by atoms with Crippen molar-refractivity contribution in [2.45, 2.75) is 45.1 Å². The second-order valence-electron chi connectivity index (χ2n) is 5.04. The summed E-state index contributed by atoms with van der Waals surface area (Å²) in [6, 6.07) is 0.797. The first-order valence-corrected chi connectivity index (χ1v) is 6.46. The van der Waals surface area contributed by atoms with Crippen LogP contribution in [0, 0.1) is 0 Å².